The van der Waals surface area contributed by atoms with Crippen LogP contribution in [0.3, 0.4) is 0 Å². The lowest BCUT2D eigenvalue weighted by atomic mass is 9.91. The maximum atomic E-state index is 6.33. The minimum Gasteiger partial charge on any atom is -0.316 e. The summed E-state index contributed by atoms with van der Waals surface area (Å²) in [4.78, 5) is 0. The molecular weight excluding hydrogens is 230 g/mol. The first kappa shape index (κ1) is 12.9. The minimum atomic E-state index is 0.507. The van der Waals surface area contributed by atoms with E-state index in [4.69, 9.17) is 11.6 Å². The van der Waals surface area contributed by atoms with Crippen LogP contribution in [-0.4, -0.2) is 13.1 Å². The van der Waals surface area contributed by atoms with Crippen LogP contribution in [0.25, 0.3) is 0 Å². The molecule has 1 unspecified atom stereocenters. The highest BCUT2D eigenvalue weighted by Crippen LogP contribution is 2.26. The van der Waals surface area contributed by atoms with Gasteiger partial charge in [-0.05, 0) is 61.4 Å². The van der Waals surface area contributed by atoms with Gasteiger partial charge in [-0.3, -0.25) is 0 Å². The van der Waals surface area contributed by atoms with E-state index in [9.17, 15) is 0 Å². The second-order valence-corrected chi connectivity index (χ2v) is 5.83. The van der Waals surface area contributed by atoms with Gasteiger partial charge < -0.3 is 5.32 Å². The van der Waals surface area contributed by atoms with Crippen molar-refractivity contribution in [1.82, 2.24) is 5.32 Å². The lowest BCUT2D eigenvalue weighted by molar-refractivity contribution is 0.376. The van der Waals surface area contributed by atoms with Crippen molar-refractivity contribution in [3.05, 3.63) is 34.3 Å². The lowest BCUT2D eigenvalue weighted by Gasteiger charge is -2.23. The van der Waals surface area contributed by atoms with E-state index in [1.54, 1.807) is 0 Å². The number of benzene rings is 1. The van der Waals surface area contributed by atoms with Gasteiger partial charge in [-0.25, -0.2) is 0 Å². The van der Waals surface area contributed by atoms with E-state index in [0.29, 0.717) is 5.92 Å². The summed E-state index contributed by atoms with van der Waals surface area (Å²) >= 11 is 6.33. The second kappa shape index (κ2) is 5.88. The van der Waals surface area contributed by atoms with Gasteiger partial charge in [-0.15, -0.1) is 0 Å². The Labute approximate surface area is 110 Å². The zero-order valence-electron chi connectivity index (χ0n) is 10.8. The van der Waals surface area contributed by atoms with Crippen LogP contribution in [0.15, 0.2) is 18.2 Å². The maximum absolute atomic E-state index is 6.33. The van der Waals surface area contributed by atoms with Crippen molar-refractivity contribution in [3.63, 3.8) is 0 Å². The van der Waals surface area contributed by atoms with Crippen LogP contribution < -0.4 is 5.32 Å². The van der Waals surface area contributed by atoms with Crippen molar-refractivity contribution in [3.8, 4) is 0 Å². The van der Waals surface area contributed by atoms with Crippen molar-refractivity contribution in [2.24, 2.45) is 5.92 Å². The van der Waals surface area contributed by atoms with Crippen LogP contribution in [-0.2, 0) is 6.42 Å². The molecule has 1 atom stereocenters. The molecule has 0 amide bonds. The fourth-order valence-corrected chi connectivity index (χ4v) is 3.02. The first-order valence-electron chi connectivity index (χ1n) is 6.66. The van der Waals surface area contributed by atoms with Crippen molar-refractivity contribution >= 4 is 11.6 Å². The van der Waals surface area contributed by atoms with E-state index < -0.39 is 0 Å². The number of rotatable bonds is 3. The second-order valence-electron chi connectivity index (χ2n) is 5.43. The van der Waals surface area contributed by atoms with Gasteiger partial charge in [0.05, 0.1) is 0 Å². The van der Waals surface area contributed by atoms with Gasteiger partial charge in [-0.1, -0.05) is 37.6 Å². The average Bonchev–Trinajstić information content (AvgIpc) is 2.30. The Balaban J connectivity index is 2.04. The maximum Gasteiger partial charge on any atom is 0.0443 e. The molecule has 1 aliphatic rings. The van der Waals surface area contributed by atoms with Gasteiger partial charge in [-0.2, -0.15) is 0 Å². The largest absolute Gasteiger partial charge is 0.316 e. The quantitative estimate of drug-likeness (QED) is 0.856. The highest BCUT2D eigenvalue weighted by atomic mass is 35.5. The molecule has 0 aromatic heterocycles. The van der Waals surface area contributed by atoms with Crippen LogP contribution in [0.4, 0.5) is 0 Å². The molecule has 1 saturated heterocycles. The Morgan fingerprint density at radius 3 is 2.82 bits per heavy atom. The first-order chi connectivity index (χ1) is 8.16. The third-order valence-corrected chi connectivity index (χ3v) is 3.94. The molecule has 1 aromatic rings. The van der Waals surface area contributed by atoms with Gasteiger partial charge in [0, 0.05) is 5.02 Å². The summed E-state index contributed by atoms with van der Waals surface area (Å²) in [5, 5.41) is 4.40. The van der Waals surface area contributed by atoms with Crippen molar-refractivity contribution in [2.75, 3.05) is 13.1 Å². The van der Waals surface area contributed by atoms with Crippen LogP contribution >= 0.6 is 11.6 Å². The number of halogens is 1. The first-order valence-corrected chi connectivity index (χ1v) is 7.03. The zero-order chi connectivity index (χ0) is 12.3. The summed E-state index contributed by atoms with van der Waals surface area (Å²) in [5.74, 6) is 1.29. The molecule has 2 rings (SSSR count). The van der Waals surface area contributed by atoms with Crippen LogP contribution in [0.5, 0.6) is 0 Å². The predicted octanol–water partition coefficient (Wildman–Crippen LogP) is 4.01. The van der Waals surface area contributed by atoms with E-state index in [1.165, 1.54) is 30.5 Å². The molecule has 0 radical (unpaired) electrons. The molecule has 1 heterocycles. The Morgan fingerprint density at radius 1 is 1.41 bits per heavy atom. The molecule has 1 fully saturated rings. The molecule has 94 valence electrons. The summed E-state index contributed by atoms with van der Waals surface area (Å²) in [7, 11) is 0. The highest BCUT2D eigenvalue weighted by molar-refractivity contribution is 6.31. The SMILES string of the molecule is CC(C)c1ccc(CC2CCCNC2)cc1Cl. The van der Waals surface area contributed by atoms with Gasteiger partial charge >= 0.3 is 0 Å². The van der Waals surface area contributed by atoms with Crippen LogP contribution in [0.1, 0.15) is 43.7 Å². The lowest BCUT2D eigenvalue weighted by Crippen LogP contribution is -2.30. The number of nitrogens with one attached hydrogen (secondary N) is 1. The number of piperidine rings is 1. The fourth-order valence-electron chi connectivity index (χ4n) is 2.60. The summed E-state index contributed by atoms with van der Waals surface area (Å²) < 4.78 is 0. The van der Waals surface area contributed by atoms with E-state index in [1.807, 2.05) is 0 Å². The van der Waals surface area contributed by atoms with Crippen molar-refractivity contribution in [1.29, 1.82) is 0 Å². The third kappa shape index (κ3) is 3.46. The van der Waals surface area contributed by atoms with Crippen molar-refractivity contribution in [2.45, 2.75) is 39.0 Å². The van der Waals surface area contributed by atoms with E-state index in [-0.39, 0.29) is 0 Å². The summed E-state index contributed by atoms with van der Waals surface area (Å²) in [6.07, 6.45) is 3.81. The summed E-state index contributed by atoms with van der Waals surface area (Å²) in [5.41, 5.74) is 2.64. The fraction of sp³-hybridized carbons (Fsp3) is 0.600. The van der Waals surface area contributed by atoms with Gasteiger partial charge in [0.2, 0.25) is 0 Å². The standard InChI is InChI=1S/C15H22ClN/c1-11(2)14-6-5-12(9-15(14)16)8-13-4-3-7-17-10-13/h5-6,9,11,13,17H,3-4,7-8,10H2,1-2H3. The smallest absolute Gasteiger partial charge is 0.0443 e. The Bertz CT molecular complexity index is 367. The summed E-state index contributed by atoms with van der Waals surface area (Å²) in [6.45, 7) is 6.71. The van der Waals surface area contributed by atoms with E-state index in [0.717, 1.165) is 23.9 Å². The summed E-state index contributed by atoms with van der Waals surface area (Å²) in [6, 6.07) is 6.60. The third-order valence-electron chi connectivity index (χ3n) is 3.61. The number of hydrogen-bond acceptors (Lipinski definition) is 1. The van der Waals surface area contributed by atoms with E-state index in [2.05, 4.69) is 37.4 Å². The molecular formula is C15H22ClN. The Hall–Kier alpha value is -0.530. The van der Waals surface area contributed by atoms with Crippen LogP contribution in [0.2, 0.25) is 5.02 Å². The number of hydrogen-bond donors (Lipinski definition) is 1. The molecule has 0 spiro atoms. The molecule has 2 heteroatoms. The molecule has 0 saturated carbocycles. The Kier molecular flexibility index (Phi) is 4.47. The predicted molar refractivity (Wildman–Crippen MR) is 74.8 cm³/mol. The van der Waals surface area contributed by atoms with Gasteiger partial charge in [0.1, 0.15) is 0 Å². The molecule has 17 heavy (non-hydrogen) atoms. The molecule has 1 N–H and O–H groups in total. The highest BCUT2D eigenvalue weighted by Gasteiger charge is 2.14. The monoisotopic (exact) mass is 251 g/mol. The zero-order valence-corrected chi connectivity index (χ0v) is 11.6. The van der Waals surface area contributed by atoms with Crippen LogP contribution in [0, 0.1) is 5.92 Å². The Morgan fingerprint density at radius 2 is 2.24 bits per heavy atom. The molecule has 0 aliphatic carbocycles. The molecule has 1 aliphatic heterocycles. The topological polar surface area (TPSA) is 12.0 Å². The molecule has 1 nitrogen and oxygen atoms in total. The van der Waals surface area contributed by atoms with Gasteiger partial charge in [0.15, 0.2) is 0 Å². The average molecular weight is 252 g/mol. The van der Waals surface area contributed by atoms with Gasteiger partial charge in [0.25, 0.3) is 0 Å². The molecule has 1 aromatic carbocycles. The van der Waals surface area contributed by atoms with E-state index >= 15 is 0 Å². The normalized spacial score (nSPS) is 20.8. The van der Waals surface area contributed by atoms with Crippen molar-refractivity contribution < 1.29 is 0 Å². The molecule has 0 bridgehead atoms. The minimum absolute atomic E-state index is 0.507.